The third kappa shape index (κ3) is 5.71. The Hall–Kier alpha value is -3.00. The Bertz CT molecular complexity index is 632. The molecule has 4 N–H and O–H groups in total. The van der Waals surface area contributed by atoms with Crippen molar-refractivity contribution in [1.82, 2.24) is 0 Å². The first-order valence-corrected chi connectivity index (χ1v) is 6.47. The molecule has 0 spiro atoms. The molecule has 0 bridgehead atoms. The average Bonchev–Trinajstić information content (AvgIpc) is 2.46. The van der Waals surface area contributed by atoms with Crippen LogP contribution < -0.4 is 10.1 Å². The Morgan fingerprint density at radius 2 is 1.65 bits per heavy atom. The zero-order chi connectivity index (χ0) is 17.5. The van der Waals surface area contributed by atoms with Crippen molar-refractivity contribution in [2.45, 2.75) is 18.4 Å². The predicted octanol–water partition coefficient (Wildman–Crippen LogP) is -0.929. The molecule has 0 saturated heterocycles. The predicted molar refractivity (Wildman–Crippen MR) is 75.0 cm³/mol. The van der Waals surface area contributed by atoms with Crippen molar-refractivity contribution in [3.05, 3.63) is 42.6 Å². The molecule has 1 aromatic carbocycles. The van der Waals surface area contributed by atoms with Crippen LogP contribution in [-0.4, -0.2) is 38.8 Å². The van der Waals surface area contributed by atoms with Crippen molar-refractivity contribution in [2.75, 3.05) is 0 Å². The molecule has 0 aliphatic heterocycles. The molecule has 0 fully saturated rings. The molecule has 0 amide bonds. The maximum atomic E-state index is 10.3. The summed E-state index contributed by atoms with van der Waals surface area (Å²) in [6.07, 6.45) is -0.507. The molecule has 122 valence electrons. The maximum Gasteiger partial charge on any atom is 0.336 e. The fourth-order valence-electron chi connectivity index (χ4n) is 1.77. The highest BCUT2D eigenvalue weighted by Gasteiger charge is 2.38. The van der Waals surface area contributed by atoms with Gasteiger partial charge in [-0.15, -0.1) is 0 Å². The van der Waals surface area contributed by atoms with Crippen molar-refractivity contribution >= 4 is 28.8 Å². The van der Waals surface area contributed by atoms with Gasteiger partial charge in [0.25, 0.3) is 0 Å². The number of pyridine rings is 1. The molecule has 0 unspecified atom stereocenters. The summed E-state index contributed by atoms with van der Waals surface area (Å²) in [4.78, 5) is 33.5. The number of nitrogens with one attached hydrogen (secondary N) is 1. The number of carboxylic acids is 3. The number of hydrogen-bond acceptors (Lipinski definition) is 5. The van der Waals surface area contributed by atoms with E-state index in [2.05, 4.69) is 23.2 Å². The Morgan fingerprint density at radius 1 is 1.04 bits per heavy atom. The van der Waals surface area contributed by atoms with Crippen LogP contribution in [0.25, 0.3) is 10.9 Å². The molecule has 8 nitrogen and oxygen atoms in total. The molecular formula is C15H15NO7. The summed E-state index contributed by atoms with van der Waals surface area (Å²) in [7, 11) is 0. The van der Waals surface area contributed by atoms with E-state index < -0.39 is 36.4 Å². The lowest BCUT2D eigenvalue weighted by atomic mass is 9.96. The topological polar surface area (TPSA) is 149 Å². The van der Waals surface area contributed by atoms with Crippen molar-refractivity contribution in [3.63, 3.8) is 0 Å². The van der Waals surface area contributed by atoms with Gasteiger partial charge in [-0.25, -0.2) is 9.78 Å². The van der Waals surface area contributed by atoms with Gasteiger partial charge in [0, 0.05) is 29.9 Å². The number of aliphatic hydroxyl groups is 1. The third-order valence-corrected chi connectivity index (χ3v) is 2.85. The number of carbonyl (C=O) groups is 3. The lowest BCUT2D eigenvalue weighted by molar-refractivity contribution is -0.344. The van der Waals surface area contributed by atoms with E-state index in [1.54, 1.807) is 0 Å². The van der Waals surface area contributed by atoms with Gasteiger partial charge in [0.15, 0.2) is 11.8 Å². The van der Waals surface area contributed by atoms with Crippen molar-refractivity contribution in [2.24, 2.45) is 0 Å². The summed E-state index contributed by atoms with van der Waals surface area (Å²) in [6.45, 7) is 0. The minimum Gasteiger partial charge on any atom is -0.550 e. The van der Waals surface area contributed by atoms with Gasteiger partial charge < -0.3 is 25.2 Å². The second-order valence-electron chi connectivity index (χ2n) is 4.71. The summed E-state index contributed by atoms with van der Waals surface area (Å²) in [5.74, 6) is -5.34. The van der Waals surface area contributed by atoms with Crippen LogP contribution in [0.4, 0.5) is 0 Å². The zero-order valence-electron chi connectivity index (χ0n) is 11.9. The normalized spacial score (nSPS) is 12.6. The lowest BCUT2D eigenvalue weighted by Gasteiger charge is -2.21. The number of rotatable bonds is 5. The van der Waals surface area contributed by atoms with Crippen molar-refractivity contribution in [1.29, 1.82) is 0 Å². The molecule has 0 aliphatic rings. The first-order valence-electron chi connectivity index (χ1n) is 6.47. The number of carboxylic acid groups (broad SMARTS) is 3. The first kappa shape index (κ1) is 18.1. The van der Waals surface area contributed by atoms with Gasteiger partial charge in [-0.2, -0.15) is 0 Å². The molecule has 0 radical (unpaired) electrons. The fourth-order valence-corrected chi connectivity index (χ4v) is 1.77. The summed E-state index contributed by atoms with van der Waals surface area (Å²) in [5.41, 5.74) is -1.62. The van der Waals surface area contributed by atoms with E-state index in [1.807, 2.05) is 24.4 Å². The molecule has 2 aromatic rings. The van der Waals surface area contributed by atoms with Gasteiger partial charge in [0.05, 0.1) is 6.42 Å². The van der Waals surface area contributed by atoms with E-state index in [4.69, 9.17) is 15.3 Å². The van der Waals surface area contributed by atoms with Crippen LogP contribution in [0.3, 0.4) is 0 Å². The second-order valence-corrected chi connectivity index (χ2v) is 4.71. The summed E-state index contributed by atoms with van der Waals surface area (Å²) in [6, 6.07) is 12.3. The number of para-hydroxylation sites is 1. The third-order valence-electron chi connectivity index (χ3n) is 2.85. The van der Waals surface area contributed by atoms with Crippen LogP contribution in [0.5, 0.6) is 0 Å². The molecule has 1 aromatic heterocycles. The highest BCUT2D eigenvalue weighted by Crippen LogP contribution is 2.15. The van der Waals surface area contributed by atoms with Gasteiger partial charge in [0.2, 0.25) is 5.52 Å². The summed E-state index contributed by atoms with van der Waals surface area (Å²) < 4.78 is 0. The van der Waals surface area contributed by atoms with E-state index in [0.29, 0.717) is 0 Å². The second kappa shape index (κ2) is 7.85. The Morgan fingerprint density at radius 3 is 2.17 bits per heavy atom. The molecule has 0 saturated carbocycles. The van der Waals surface area contributed by atoms with Crippen LogP contribution in [0.1, 0.15) is 12.8 Å². The van der Waals surface area contributed by atoms with Gasteiger partial charge in [-0.1, -0.05) is 12.1 Å². The van der Waals surface area contributed by atoms with Gasteiger partial charge >= 0.3 is 11.9 Å². The lowest BCUT2D eigenvalue weighted by Crippen LogP contribution is -2.45. The number of hydrogen-bond donors (Lipinski definition) is 3. The number of aromatic amines is 1. The monoisotopic (exact) mass is 321 g/mol. The van der Waals surface area contributed by atoms with Crippen LogP contribution >= 0.6 is 0 Å². The number of carbonyl (C=O) groups excluding carboxylic acids is 1. The first-order chi connectivity index (χ1) is 10.7. The minimum absolute atomic E-state index is 1.18. The Labute approximate surface area is 130 Å². The highest BCUT2D eigenvalue weighted by atomic mass is 16.4. The van der Waals surface area contributed by atoms with Crippen LogP contribution in [0.2, 0.25) is 0 Å². The number of benzene rings is 1. The molecule has 1 atom stereocenters. The molecule has 2 rings (SSSR count). The quantitative estimate of drug-likeness (QED) is 0.644. The van der Waals surface area contributed by atoms with Gasteiger partial charge in [0.1, 0.15) is 0 Å². The fraction of sp³-hybridized carbons (Fsp3) is 0.200. The number of fused-ring (bicyclic) bond motifs is 1. The maximum absolute atomic E-state index is 10.3. The van der Waals surface area contributed by atoms with E-state index in [9.17, 15) is 19.5 Å². The molecular weight excluding hydrogens is 306 g/mol. The van der Waals surface area contributed by atoms with E-state index in [1.165, 1.54) is 10.9 Å². The summed E-state index contributed by atoms with van der Waals surface area (Å²) in [5, 5.41) is 36.8. The number of aliphatic carboxylic acids is 3. The van der Waals surface area contributed by atoms with E-state index in [-0.39, 0.29) is 0 Å². The van der Waals surface area contributed by atoms with E-state index >= 15 is 0 Å². The number of aromatic nitrogens is 1. The number of H-pyrrole nitrogens is 1. The van der Waals surface area contributed by atoms with Crippen LogP contribution in [0, 0.1) is 0 Å². The SMILES string of the molecule is O=C([O-])C[C@](O)(CC(=O)O)C(=O)O.c1ccc2[nH+]cccc2c1. The standard InChI is InChI=1S/C9H7N.C6H8O7/c1-2-6-9-8(4-1)5-3-7-10-9;7-3(8)1-6(13,5(11)12)2-4(9)10/h1-7H;13H,1-2H2,(H,7,8)(H,9,10)(H,11,12). The van der Waals surface area contributed by atoms with Crippen LogP contribution in [-0.2, 0) is 14.4 Å². The zero-order valence-corrected chi connectivity index (χ0v) is 11.9. The molecule has 23 heavy (non-hydrogen) atoms. The molecule has 0 aliphatic carbocycles. The smallest absolute Gasteiger partial charge is 0.336 e. The summed E-state index contributed by atoms with van der Waals surface area (Å²) >= 11 is 0. The minimum atomic E-state index is -2.80. The Balaban J connectivity index is 0.000000235. The van der Waals surface area contributed by atoms with Crippen LogP contribution in [0.15, 0.2) is 42.6 Å². The van der Waals surface area contributed by atoms with Crippen molar-refractivity contribution in [3.8, 4) is 0 Å². The average molecular weight is 321 g/mol. The molecule has 1 heterocycles. The molecule has 8 heteroatoms. The van der Waals surface area contributed by atoms with Gasteiger partial charge in [-0.3, -0.25) is 4.79 Å². The highest BCUT2D eigenvalue weighted by molar-refractivity contribution is 5.87. The van der Waals surface area contributed by atoms with Crippen molar-refractivity contribution < 1.29 is 39.8 Å². The van der Waals surface area contributed by atoms with E-state index in [0.717, 1.165) is 0 Å². The Kier molecular flexibility index (Phi) is 6.16. The largest absolute Gasteiger partial charge is 0.550 e. The van der Waals surface area contributed by atoms with Gasteiger partial charge in [-0.05, 0) is 12.1 Å².